The average Bonchev–Trinajstić information content (AvgIpc) is 2.92. The van der Waals surface area contributed by atoms with Gasteiger partial charge in [0.15, 0.2) is 0 Å². The molecule has 8 heteroatoms. The zero-order chi connectivity index (χ0) is 13.9. The highest BCUT2D eigenvalue weighted by atomic mass is 32.2. The molecule has 0 saturated carbocycles. The van der Waals surface area contributed by atoms with Gasteiger partial charge >= 0.3 is 0 Å². The number of hydrogen-bond donors (Lipinski definition) is 2. The Morgan fingerprint density at radius 3 is 2.58 bits per heavy atom. The van der Waals surface area contributed by atoms with Crippen LogP contribution in [0.15, 0.2) is 35.5 Å². The van der Waals surface area contributed by atoms with Crippen LogP contribution in [0.4, 0.5) is 0 Å². The van der Waals surface area contributed by atoms with Crippen molar-refractivity contribution in [2.24, 2.45) is 0 Å². The average molecular weight is 277 g/mol. The minimum absolute atomic E-state index is 0.0952. The summed E-state index contributed by atoms with van der Waals surface area (Å²) in [7, 11) is -3.66. The third-order valence-corrected chi connectivity index (χ3v) is 4.03. The van der Waals surface area contributed by atoms with Gasteiger partial charge in [-0.1, -0.05) is 0 Å². The van der Waals surface area contributed by atoms with Crippen molar-refractivity contribution in [2.45, 2.75) is 17.9 Å². The fourth-order valence-electron chi connectivity index (χ4n) is 1.49. The lowest BCUT2D eigenvalue weighted by molar-refractivity contribution is 0.560. The Bertz CT molecular complexity index is 686. The highest BCUT2D eigenvalue weighted by molar-refractivity contribution is 7.89. The molecule has 0 saturated heterocycles. The number of hydrogen-bond acceptors (Lipinski definition) is 5. The number of H-pyrrole nitrogens is 1. The number of nitrogens with zero attached hydrogens (tertiary/aromatic N) is 3. The third kappa shape index (κ3) is 2.96. The van der Waals surface area contributed by atoms with E-state index < -0.39 is 16.1 Å². The van der Waals surface area contributed by atoms with Gasteiger partial charge in [-0.25, -0.2) is 18.1 Å². The minimum atomic E-state index is -3.66. The van der Waals surface area contributed by atoms with E-state index in [-0.39, 0.29) is 4.90 Å². The summed E-state index contributed by atoms with van der Waals surface area (Å²) in [6.07, 6.45) is 1.31. The Kier molecular flexibility index (Phi) is 3.59. The lowest BCUT2D eigenvalue weighted by Gasteiger charge is -2.11. The number of sulfonamides is 1. The van der Waals surface area contributed by atoms with Crippen LogP contribution in [0, 0.1) is 11.3 Å². The van der Waals surface area contributed by atoms with Crippen molar-refractivity contribution in [1.29, 1.82) is 5.26 Å². The van der Waals surface area contributed by atoms with E-state index >= 15 is 0 Å². The van der Waals surface area contributed by atoms with Gasteiger partial charge in [0, 0.05) is 0 Å². The number of nitrogens with one attached hydrogen (secondary N) is 2. The Morgan fingerprint density at radius 1 is 1.37 bits per heavy atom. The topological polar surface area (TPSA) is 112 Å². The molecule has 0 aliphatic carbocycles. The summed E-state index contributed by atoms with van der Waals surface area (Å²) in [4.78, 5) is 3.98. The second kappa shape index (κ2) is 5.17. The van der Waals surface area contributed by atoms with Crippen molar-refractivity contribution in [3.63, 3.8) is 0 Å². The maximum absolute atomic E-state index is 12.1. The molecule has 1 aromatic carbocycles. The molecule has 0 radical (unpaired) electrons. The van der Waals surface area contributed by atoms with Crippen molar-refractivity contribution in [1.82, 2.24) is 19.9 Å². The summed E-state index contributed by atoms with van der Waals surface area (Å²) in [5.74, 6) is 0.428. The molecule has 7 nitrogen and oxygen atoms in total. The number of benzene rings is 1. The van der Waals surface area contributed by atoms with Gasteiger partial charge in [0.25, 0.3) is 0 Å². The van der Waals surface area contributed by atoms with Gasteiger partial charge in [-0.2, -0.15) is 10.4 Å². The SMILES string of the molecule is CC(NS(=O)(=O)c1ccc(C#N)cc1)c1ncn[nH]1. The number of rotatable bonds is 4. The molecule has 0 spiro atoms. The summed E-state index contributed by atoms with van der Waals surface area (Å²) in [5, 5.41) is 14.9. The lowest BCUT2D eigenvalue weighted by Crippen LogP contribution is -2.27. The molecule has 0 bridgehead atoms. The van der Waals surface area contributed by atoms with E-state index in [0.717, 1.165) is 0 Å². The smallest absolute Gasteiger partial charge is 0.241 e. The number of aromatic nitrogens is 3. The molecule has 2 N–H and O–H groups in total. The van der Waals surface area contributed by atoms with Crippen LogP contribution in [-0.2, 0) is 10.0 Å². The summed E-state index contributed by atoms with van der Waals surface area (Å²) < 4.78 is 26.6. The Balaban J connectivity index is 2.20. The molecule has 1 atom stereocenters. The van der Waals surface area contributed by atoms with E-state index in [1.807, 2.05) is 6.07 Å². The molecular formula is C11H11N5O2S. The third-order valence-electron chi connectivity index (χ3n) is 2.47. The summed E-state index contributed by atoms with van der Waals surface area (Å²) in [5.41, 5.74) is 0.405. The van der Waals surface area contributed by atoms with E-state index in [1.54, 1.807) is 6.92 Å². The maximum Gasteiger partial charge on any atom is 0.241 e. The van der Waals surface area contributed by atoms with Gasteiger partial charge in [-0.05, 0) is 31.2 Å². The molecule has 0 aliphatic heterocycles. The van der Waals surface area contributed by atoms with Gasteiger partial charge in [0.1, 0.15) is 12.2 Å². The highest BCUT2D eigenvalue weighted by Crippen LogP contribution is 2.14. The largest absolute Gasteiger partial charge is 0.262 e. The van der Waals surface area contributed by atoms with Gasteiger partial charge in [-0.15, -0.1) is 0 Å². The van der Waals surface area contributed by atoms with E-state index in [4.69, 9.17) is 5.26 Å². The summed E-state index contributed by atoms with van der Waals surface area (Å²) in [6, 6.07) is 7.08. The molecule has 19 heavy (non-hydrogen) atoms. The fourth-order valence-corrected chi connectivity index (χ4v) is 2.70. The molecule has 2 aromatic rings. The van der Waals surface area contributed by atoms with Gasteiger partial charge < -0.3 is 0 Å². The lowest BCUT2D eigenvalue weighted by atomic mass is 10.2. The molecule has 1 aromatic heterocycles. The molecule has 98 valence electrons. The van der Waals surface area contributed by atoms with E-state index in [9.17, 15) is 8.42 Å². The van der Waals surface area contributed by atoms with Crippen LogP contribution in [0.2, 0.25) is 0 Å². The van der Waals surface area contributed by atoms with Crippen LogP contribution >= 0.6 is 0 Å². The Morgan fingerprint density at radius 2 is 2.05 bits per heavy atom. The monoisotopic (exact) mass is 277 g/mol. The predicted octanol–water partition coefficient (Wildman–Crippen LogP) is 0.716. The minimum Gasteiger partial charge on any atom is -0.262 e. The van der Waals surface area contributed by atoms with Crippen molar-refractivity contribution in [3.05, 3.63) is 42.0 Å². The zero-order valence-electron chi connectivity index (χ0n) is 10.0. The van der Waals surface area contributed by atoms with Crippen molar-refractivity contribution >= 4 is 10.0 Å². The fraction of sp³-hybridized carbons (Fsp3) is 0.182. The number of nitriles is 1. The van der Waals surface area contributed by atoms with Gasteiger partial charge in [-0.3, -0.25) is 5.10 Å². The second-order valence-electron chi connectivity index (χ2n) is 3.85. The molecule has 1 unspecified atom stereocenters. The first-order valence-electron chi connectivity index (χ1n) is 5.40. The molecule has 0 aliphatic rings. The van der Waals surface area contributed by atoms with Crippen molar-refractivity contribution < 1.29 is 8.42 Å². The summed E-state index contributed by atoms with van der Waals surface area (Å²) >= 11 is 0. The van der Waals surface area contributed by atoms with Crippen LogP contribution in [0.25, 0.3) is 0 Å². The van der Waals surface area contributed by atoms with Crippen LogP contribution in [0.5, 0.6) is 0 Å². The first-order valence-corrected chi connectivity index (χ1v) is 6.89. The molecule has 0 fully saturated rings. The normalized spacial score (nSPS) is 12.8. The quantitative estimate of drug-likeness (QED) is 0.855. The zero-order valence-corrected chi connectivity index (χ0v) is 10.8. The maximum atomic E-state index is 12.1. The van der Waals surface area contributed by atoms with E-state index in [0.29, 0.717) is 11.4 Å². The van der Waals surface area contributed by atoms with Crippen LogP contribution in [-0.4, -0.2) is 23.6 Å². The van der Waals surface area contributed by atoms with E-state index in [2.05, 4.69) is 19.9 Å². The first kappa shape index (κ1) is 13.2. The van der Waals surface area contributed by atoms with Crippen molar-refractivity contribution in [3.8, 4) is 6.07 Å². The molecular weight excluding hydrogens is 266 g/mol. The Hall–Kier alpha value is -2.24. The standard InChI is InChI=1S/C11H11N5O2S/c1-8(11-13-7-14-15-11)16-19(17,18)10-4-2-9(6-12)3-5-10/h2-5,7-8,16H,1H3,(H,13,14,15). The first-order chi connectivity index (χ1) is 9.03. The van der Waals surface area contributed by atoms with Gasteiger partial charge in [0.05, 0.1) is 22.6 Å². The molecule has 0 amide bonds. The number of aromatic amines is 1. The van der Waals surface area contributed by atoms with Crippen LogP contribution in [0.1, 0.15) is 24.4 Å². The Labute approximate surface area is 110 Å². The van der Waals surface area contributed by atoms with Crippen LogP contribution < -0.4 is 4.72 Å². The van der Waals surface area contributed by atoms with Crippen molar-refractivity contribution in [2.75, 3.05) is 0 Å². The predicted molar refractivity (Wildman–Crippen MR) is 66.3 cm³/mol. The highest BCUT2D eigenvalue weighted by Gasteiger charge is 2.19. The van der Waals surface area contributed by atoms with Gasteiger partial charge in [0.2, 0.25) is 10.0 Å². The van der Waals surface area contributed by atoms with E-state index in [1.165, 1.54) is 30.6 Å². The molecule has 2 rings (SSSR count). The summed E-state index contributed by atoms with van der Waals surface area (Å²) in [6.45, 7) is 1.65. The molecule has 1 heterocycles. The van der Waals surface area contributed by atoms with Crippen LogP contribution in [0.3, 0.4) is 0 Å². The second-order valence-corrected chi connectivity index (χ2v) is 5.56.